The Morgan fingerprint density at radius 3 is 2.70 bits per heavy atom. The van der Waals surface area contributed by atoms with Gasteiger partial charge < -0.3 is 20.5 Å². The number of rotatable bonds is 5. The van der Waals surface area contributed by atoms with Gasteiger partial charge in [-0.05, 0) is 31.2 Å². The fourth-order valence-corrected chi connectivity index (χ4v) is 1.81. The highest BCUT2D eigenvalue weighted by atomic mass is 19.1. The summed E-state index contributed by atoms with van der Waals surface area (Å²) in [6.45, 7) is 2.39. The number of halogens is 1. The van der Waals surface area contributed by atoms with Crippen LogP contribution in [0, 0.1) is 5.82 Å². The molecule has 0 amide bonds. The maximum absolute atomic E-state index is 13.8. The number of ether oxygens (including phenoxy) is 2. The van der Waals surface area contributed by atoms with Crippen LogP contribution in [-0.2, 0) is 0 Å². The Labute approximate surface area is 117 Å². The molecule has 0 aliphatic heterocycles. The lowest BCUT2D eigenvalue weighted by Crippen LogP contribution is -2.02. The highest BCUT2D eigenvalue weighted by Gasteiger charge is 2.09. The summed E-state index contributed by atoms with van der Waals surface area (Å²) in [7, 11) is 1.53. The minimum absolute atomic E-state index is 0.296. The predicted octanol–water partition coefficient (Wildman–Crippen LogP) is 3.56. The summed E-state index contributed by atoms with van der Waals surface area (Å²) in [6, 6.07) is 9.79. The normalized spacial score (nSPS) is 10.2. The van der Waals surface area contributed by atoms with Crippen LogP contribution in [0.2, 0.25) is 0 Å². The lowest BCUT2D eigenvalue weighted by molar-refractivity contribution is 0.342. The Hall–Kier alpha value is -2.43. The standard InChI is InChI=1S/C15H17FN2O2/c1-3-20-14-6-4-5-12(15(14)17)18-13-9-10(19-2)7-8-11(13)16/h4-9,18H,3,17H2,1-2H3. The Balaban J connectivity index is 2.32. The van der Waals surface area contributed by atoms with E-state index in [9.17, 15) is 4.39 Å². The Kier molecular flexibility index (Phi) is 4.30. The van der Waals surface area contributed by atoms with Crippen molar-refractivity contribution in [2.75, 3.05) is 24.8 Å². The molecule has 2 rings (SSSR count). The summed E-state index contributed by atoms with van der Waals surface area (Å²) in [5, 5.41) is 2.95. The molecule has 0 aliphatic rings. The molecule has 0 radical (unpaired) electrons. The second-order valence-corrected chi connectivity index (χ2v) is 4.12. The number of anilines is 3. The number of nitrogens with one attached hydrogen (secondary N) is 1. The van der Waals surface area contributed by atoms with Crippen LogP contribution in [0.1, 0.15) is 6.92 Å². The molecule has 4 nitrogen and oxygen atoms in total. The van der Waals surface area contributed by atoms with Gasteiger partial charge in [-0.15, -0.1) is 0 Å². The van der Waals surface area contributed by atoms with Crippen LogP contribution >= 0.6 is 0 Å². The third-order valence-electron chi connectivity index (χ3n) is 2.81. The lowest BCUT2D eigenvalue weighted by Gasteiger charge is -2.14. The highest BCUT2D eigenvalue weighted by molar-refractivity contribution is 5.77. The van der Waals surface area contributed by atoms with Gasteiger partial charge in [0, 0.05) is 6.07 Å². The van der Waals surface area contributed by atoms with Gasteiger partial charge in [0.1, 0.15) is 17.3 Å². The monoisotopic (exact) mass is 276 g/mol. The van der Waals surface area contributed by atoms with Gasteiger partial charge in [0.2, 0.25) is 0 Å². The average molecular weight is 276 g/mol. The van der Waals surface area contributed by atoms with Gasteiger partial charge in [0.05, 0.1) is 30.8 Å². The molecular weight excluding hydrogens is 259 g/mol. The summed E-state index contributed by atoms with van der Waals surface area (Å²) in [5.41, 5.74) is 7.32. The largest absolute Gasteiger partial charge is 0.497 e. The molecule has 0 unspecified atom stereocenters. The van der Waals surface area contributed by atoms with Gasteiger partial charge in [0.15, 0.2) is 0 Å². The second kappa shape index (κ2) is 6.14. The van der Waals surface area contributed by atoms with Crippen molar-refractivity contribution in [1.82, 2.24) is 0 Å². The first-order valence-electron chi connectivity index (χ1n) is 6.27. The van der Waals surface area contributed by atoms with Gasteiger partial charge in [-0.25, -0.2) is 4.39 Å². The van der Waals surface area contributed by atoms with Crippen molar-refractivity contribution in [3.8, 4) is 11.5 Å². The number of hydrogen-bond acceptors (Lipinski definition) is 4. The van der Waals surface area contributed by atoms with Gasteiger partial charge in [0.25, 0.3) is 0 Å². The maximum Gasteiger partial charge on any atom is 0.146 e. The molecule has 0 fully saturated rings. The number of benzene rings is 2. The van der Waals surface area contributed by atoms with Gasteiger partial charge in [-0.3, -0.25) is 0 Å². The van der Waals surface area contributed by atoms with E-state index in [2.05, 4.69) is 5.32 Å². The topological polar surface area (TPSA) is 56.5 Å². The number of nitrogens with two attached hydrogens (primary N) is 1. The first-order chi connectivity index (χ1) is 9.65. The van der Waals surface area contributed by atoms with Crippen molar-refractivity contribution >= 4 is 17.1 Å². The zero-order chi connectivity index (χ0) is 14.5. The first-order valence-corrected chi connectivity index (χ1v) is 6.27. The molecular formula is C15H17FN2O2. The summed E-state index contributed by atoms with van der Waals surface area (Å²) in [5.74, 6) is 0.751. The molecule has 2 aromatic carbocycles. The third kappa shape index (κ3) is 2.93. The molecule has 5 heteroatoms. The van der Waals surface area contributed by atoms with Gasteiger partial charge in [-0.1, -0.05) is 6.07 Å². The van der Waals surface area contributed by atoms with Crippen LogP contribution < -0.4 is 20.5 Å². The van der Waals surface area contributed by atoms with Crippen molar-refractivity contribution in [3.63, 3.8) is 0 Å². The van der Waals surface area contributed by atoms with E-state index in [4.69, 9.17) is 15.2 Å². The van der Waals surface area contributed by atoms with Crippen molar-refractivity contribution < 1.29 is 13.9 Å². The van der Waals surface area contributed by atoms with E-state index >= 15 is 0 Å². The predicted molar refractivity (Wildman–Crippen MR) is 78.3 cm³/mol. The van der Waals surface area contributed by atoms with E-state index in [0.717, 1.165) is 0 Å². The molecule has 0 bridgehead atoms. The van der Waals surface area contributed by atoms with E-state index in [0.29, 0.717) is 35.2 Å². The SMILES string of the molecule is CCOc1cccc(Nc2cc(OC)ccc2F)c1N. The molecule has 0 saturated carbocycles. The summed E-state index contributed by atoms with van der Waals surface area (Å²) in [4.78, 5) is 0. The first kappa shape index (κ1) is 14.0. The van der Waals surface area contributed by atoms with Gasteiger partial charge >= 0.3 is 0 Å². The van der Waals surface area contributed by atoms with E-state index < -0.39 is 0 Å². The number of methoxy groups -OCH3 is 1. The fourth-order valence-electron chi connectivity index (χ4n) is 1.81. The molecule has 0 aromatic heterocycles. The van der Waals surface area contributed by atoms with Crippen molar-refractivity contribution in [1.29, 1.82) is 0 Å². The van der Waals surface area contributed by atoms with E-state index in [-0.39, 0.29) is 5.82 Å². The van der Waals surface area contributed by atoms with Crippen molar-refractivity contribution in [2.24, 2.45) is 0 Å². The number of hydrogen-bond donors (Lipinski definition) is 2. The van der Waals surface area contributed by atoms with E-state index in [1.165, 1.54) is 13.2 Å². The van der Waals surface area contributed by atoms with Crippen LogP contribution in [0.3, 0.4) is 0 Å². The molecule has 0 aliphatic carbocycles. The minimum atomic E-state index is -0.382. The molecule has 3 N–H and O–H groups in total. The summed E-state index contributed by atoms with van der Waals surface area (Å²) in [6.07, 6.45) is 0. The zero-order valence-corrected chi connectivity index (χ0v) is 11.4. The molecule has 0 heterocycles. The van der Waals surface area contributed by atoms with E-state index in [1.54, 1.807) is 30.3 Å². The average Bonchev–Trinajstić information content (AvgIpc) is 2.45. The third-order valence-corrected chi connectivity index (χ3v) is 2.81. The fraction of sp³-hybridized carbons (Fsp3) is 0.200. The molecule has 2 aromatic rings. The Morgan fingerprint density at radius 1 is 1.20 bits per heavy atom. The molecule has 0 atom stereocenters. The number of nitrogen functional groups attached to an aromatic ring is 1. The summed E-state index contributed by atoms with van der Waals surface area (Å²) < 4.78 is 24.3. The molecule has 0 saturated heterocycles. The van der Waals surface area contributed by atoms with Crippen LogP contribution in [0.25, 0.3) is 0 Å². The van der Waals surface area contributed by atoms with Crippen LogP contribution in [0.5, 0.6) is 11.5 Å². The van der Waals surface area contributed by atoms with Crippen molar-refractivity contribution in [3.05, 3.63) is 42.2 Å². The Morgan fingerprint density at radius 2 is 2.00 bits per heavy atom. The molecule has 0 spiro atoms. The second-order valence-electron chi connectivity index (χ2n) is 4.12. The number of para-hydroxylation sites is 1. The van der Waals surface area contributed by atoms with Crippen LogP contribution in [0.4, 0.5) is 21.5 Å². The van der Waals surface area contributed by atoms with Crippen LogP contribution in [-0.4, -0.2) is 13.7 Å². The minimum Gasteiger partial charge on any atom is -0.497 e. The van der Waals surface area contributed by atoms with Crippen LogP contribution in [0.15, 0.2) is 36.4 Å². The van der Waals surface area contributed by atoms with Gasteiger partial charge in [-0.2, -0.15) is 0 Å². The highest BCUT2D eigenvalue weighted by Crippen LogP contribution is 2.33. The zero-order valence-electron chi connectivity index (χ0n) is 11.4. The van der Waals surface area contributed by atoms with E-state index in [1.807, 2.05) is 6.92 Å². The molecule has 20 heavy (non-hydrogen) atoms. The van der Waals surface area contributed by atoms with Crippen molar-refractivity contribution in [2.45, 2.75) is 6.92 Å². The smallest absolute Gasteiger partial charge is 0.146 e. The lowest BCUT2D eigenvalue weighted by atomic mass is 10.2. The molecule has 106 valence electrons. The maximum atomic E-state index is 13.8. The quantitative estimate of drug-likeness (QED) is 0.820. The summed E-state index contributed by atoms with van der Waals surface area (Å²) >= 11 is 0. The Bertz CT molecular complexity index is 602.